The Kier molecular flexibility index (Phi) is 4.00. The fourth-order valence-corrected chi connectivity index (χ4v) is 1.36. The highest BCUT2D eigenvalue weighted by Gasteiger charge is 2.38. The molecule has 0 unspecified atom stereocenters. The lowest BCUT2D eigenvalue weighted by Gasteiger charge is -2.12. The van der Waals surface area contributed by atoms with Crippen molar-refractivity contribution in [3.63, 3.8) is 0 Å². The van der Waals surface area contributed by atoms with Gasteiger partial charge >= 0.3 is 11.9 Å². The molecule has 0 aliphatic carbocycles. The highest BCUT2D eigenvalue weighted by Crippen LogP contribution is 2.20. The summed E-state index contributed by atoms with van der Waals surface area (Å²) >= 11 is 0. The number of carbonyl (C=O) groups excluding carboxylic acids is 1. The summed E-state index contributed by atoms with van der Waals surface area (Å²) in [5.74, 6) is -6.20. The molecular formula is C12H13F2NO3. The molecule has 0 aliphatic rings. The van der Waals surface area contributed by atoms with Gasteiger partial charge in [0.1, 0.15) is 0 Å². The number of alkyl halides is 2. The van der Waals surface area contributed by atoms with Crippen molar-refractivity contribution in [2.24, 2.45) is 0 Å². The SMILES string of the molecule is CN(C)C(=O)c1ccc(CC(F)(F)C(=O)O)cc1. The number of hydrogen-bond acceptors (Lipinski definition) is 2. The number of amides is 1. The standard InChI is InChI=1S/C12H13F2NO3/c1-15(2)10(16)9-5-3-8(4-6-9)7-12(13,14)11(17)18/h3-6H,7H2,1-2H3,(H,17,18). The first-order chi connectivity index (χ1) is 8.24. The van der Waals surface area contributed by atoms with E-state index in [0.29, 0.717) is 5.56 Å². The van der Waals surface area contributed by atoms with E-state index in [9.17, 15) is 18.4 Å². The van der Waals surface area contributed by atoms with Gasteiger partial charge in [-0.05, 0) is 17.7 Å². The Balaban J connectivity index is 2.84. The van der Waals surface area contributed by atoms with Gasteiger partial charge in [-0.25, -0.2) is 4.79 Å². The second-order valence-corrected chi connectivity index (χ2v) is 4.08. The first kappa shape index (κ1) is 14.1. The summed E-state index contributed by atoms with van der Waals surface area (Å²) in [4.78, 5) is 23.2. The molecule has 98 valence electrons. The summed E-state index contributed by atoms with van der Waals surface area (Å²) in [5.41, 5.74) is 0.528. The molecule has 0 atom stereocenters. The van der Waals surface area contributed by atoms with Gasteiger partial charge in [0.05, 0.1) is 0 Å². The minimum Gasteiger partial charge on any atom is -0.477 e. The summed E-state index contributed by atoms with van der Waals surface area (Å²) in [6, 6.07) is 5.45. The van der Waals surface area contributed by atoms with E-state index in [1.165, 1.54) is 29.2 Å². The van der Waals surface area contributed by atoms with E-state index in [1.54, 1.807) is 14.1 Å². The number of hydrogen-bond donors (Lipinski definition) is 1. The van der Waals surface area contributed by atoms with Gasteiger partial charge in [0.2, 0.25) is 0 Å². The molecule has 1 amide bonds. The van der Waals surface area contributed by atoms with E-state index < -0.39 is 18.3 Å². The van der Waals surface area contributed by atoms with Crippen LogP contribution in [0.25, 0.3) is 0 Å². The predicted molar refractivity (Wildman–Crippen MR) is 60.7 cm³/mol. The van der Waals surface area contributed by atoms with Crippen molar-refractivity contribution in [2.75, 3.05) is 14.1 Å². The van der Waals surface area contributed by atoms with E-state index in [4.69, 9.17) is 5.11 Å². The molecule has 0 fully saturated rings. The molecule has 1 rings (SSSR count). The van der Waals surface area contributed by atoms with E-state index in [0.717, 1.165) is 0 Å². The number of rotatable bonds is 4. The maximum atomic E-state index is 12.9. The minimum atomic E-state index is -3.80. The lowest BCUT2D eigenvalue weighted by molar-refractivity contribution is -0.164. The molecule has 6 heteroatoms. The van der Waals surface area contributed by atoms with E-state index in [-0.39, 0.29) is 11.5 Å². The van der Waals surface area contributed by atoms with Crippen LogP contribution < -0.4 is 0 Å². The van der Waals surface area contributed by atoms with Gasteiger partial charge in [-0.1, -0.05) is 12.1 Å². The Morgan fingerprint density at radius 2 is 1.72 bits per heavy atom. The molecule has 0 bridgehead atoms. The van der Waals surface area contributed by atoms with Crippen LogP contribution in [-0.4, -0.2) is 41.9 Å². The monoisotopic (exact) mass is 257 g/mol. The topological polar surface area (TPSA) is 57.6 Å². The van der Waals surface area contributed by atoms with Gasteiger partial charge in [-0.3, -0.25) is 4.79 Å². The summed E-state index contributed by atoms with van der Waals surface area (Å²) in [6.07, 6.45) is -0.890. The normalized spacial score (nSPS) is 11.1. The van der Waals surface area contributed by atoms with Crippen LogP contribution in [0.4, 0.5) is 8.78 Å². The Bertz CT molecular complexity index is 455. The van der Waals surface area contributed by atoms with Gasteiger partial charge in [0, 0.05) is 26.1 Å². The Labute approximate surface area is 103 Å². The van der Waals surface area contributed by atoms with Crippen molar-refractivity contribution < 1.29 is 23.5 Å². The Hall–Kier alpha value is -1.98. The van der Waals surface area contributed by atoms with Crippen LogP contribution >= 0.6 is 0 Å². The average Bonchev–Trinajstić information content (AvgIpc) is 2.28. The molecule has 18 heavy (non-hydrogen) atoms. The Morgan fingerprint density at radius 1 is 1.22 bits per heavy atom. The first-order valence-corrected chi connectivity index (χ1v) is 5.16. The third-order valence-corrected chi connectivity index (χ3v) is 2.35. The summed E-state index contributed by atoms with van der Waals surface area (Å²) < 4.78 is 25.9. The fourth-order valence-electron chi connectivity index (χ4n) is 1.36. The van der Waals surface area contributed by atoms with Crippen LogP contribution in [0.1, 0.15) is 15.9 Å². The Morgan fingerprint density at radius 3 is 2.11 bits per heavy atom. The van der Waals surface area contributed by atoms with E-state index in [2.05, 4.69) is 0 Å². The smallest absolute Gasteiger partial charge is 0.374 e. The summed E-state index contributed by atoms with van der Waals surface area (Å²) in [6.45, 7) is 0. The molecule has 0 saturated heterocycles. The number of halogens is 2. The van der Waals surface area contributed by atoms with Crippen molar-refractivity contribution in [2.45, 2.75) is 12.3 Å². The van der Waals surface area contributed by atoms with Crippen molar-refractivity contribution >= 4 is 11.9 Å². The lowest BCUT2D eigenvalue weighted by Crippen LogP contribution is -2.30. The van der Waals surface area contributed by atoms with Crippen LogP contribution in [0, 0.1) is 0 Å². The zero-order valence-electron chi connectivity index (χ0n) is 9.98. The molecule has 0 aromatic heterocycles. The van der Waals surface area contributed by atoms with Crippen molar-refractivity contribution in [3.05, 3.63) is 35.4 Å². The predicted octanol–water partition coefficient (Wildman–Crippen LogP) is 1.65. The van der Waals surface area contributed by atoms with Crippen molar-refractivity contribution in [1.29, 1.82) is 0 Å². The molecule has 1 aromatic carbocycles. The second-order valence-electron chi connectivity index (χ2n) is 4.08. The molecule has 1 N–H and O–H groups in total. The van der Waals surface area contributed by atoms with Crippen molar-refractivity contribution in [1.82, 2.24) is 4.90 Å². The van der Waals surface area contributed by atoms with E-state index >= 15 is 0 Å². The van der Waals surface area contributed by atoms with Gasteiger partial charge in [0.25, 0.3) is 5.91 Å². The van der Waals surface area contributed by atoms with Crippen LogP contribution in [0.5, 0.6) is 0 Å². The first-order valence-electron chi connectivity index (χ1n) is 5.16. The second kappa shape index (κ2) is 5.12. The number of carboxylic acid groups (broad SMARTS) is 1. The van der Waals surface area contributed by atoms with Gasteiger partial charge in [0.15, 0.2) is 0 Å². The van der Waals surface area contributed by atoms with Crippen LogP contribution in [0.2, 0.25) is 0 Å². The molecule has 0 heterocycles. The molecular weight excluding hydrogens is 244 g/mol. The number of benzene rings is 1. The fraction of sp³-hybridized carbons (Fsp3) is 0.333. The molecule has 4 nitrogen and oxygen atoms in total. The zero-order chi connectivity index (χ0) is 13.9. The molecule has 0 spiro atoms. The third kappa shape index (κ3) is 3.26. The molecule has 0 saturated carbocycles. The van der Waals surface area contributed by atoms with Gasteiger partial charge < -0.3 is 10.0 Å². The highest BCUT2D eigenvalue weighted by atomic mass is 19.3. The van der Waals surface area contributed by atoms with Crippen molar-refractivity contribution in [3.8, 4) is 0 Å². The number of aliphatic carboxylic acids is 1. The maximum absolute atomic E-state index is 12.9. The average molecular weight is 257 g/mol. The third-order valence-electron chi connectivity index (χ3n) is 2.35. The highest BCUT2D eigenvalue weighted by molar-refractivity contribution is 5.93. The van der Waals surface area contributed by atoms with E-state index in [1.807, 2.05) is 0 Å². The molecule has 0 aliphatic heterocycles. The summed E-state index contributed by atoms with van der Waals surface area (Å²) in [5, 5.41) is 8.31. The lowest BCUT2D eigenvalue weighted by atomic mass is 10.0. The van der Waals surface area contributed by atoms with Crippen LogP contribution in [-0.2, 0) is 11.2 Å². The van der Waals surface area contributed by atoms with Crippen LogP contribution in [0.3, 0.4) is 0 Å². The quantitative estimate of drug-likeness (QED) is 0.892. The zero-order valence-corrected chi connectivity index (χ0v) is 9.98. The summed E-state index contributed by atoms with van der Waals surface area (Å²) in [7, 11) is 3.16. The number of carboxylic acids is 1. The minimum absolute atomic E-state index is 0.165. The molecule has 0 radical (unpaired) electrons. The van der Waals surface area contributed by atoms with Gasteiger partial charge in [-0.15, -0.1) is 0 Å². The molecule has 1 aromatic rings. The maximum Gasteiger partial charge on any atom is 0.374 e. The van der Waals surface area contributed by atoms with Gasteiger partial charge in [-0.2, -0.15) is 8.78 Å². The number of carbonyl (C=O) groups is 2. The van der Waals surface area contributed by atoms with Crippen LogP contribution in [0.15, 0.2) is 24.3 Å². The number of nitrogens with zero attached hydrogens (tertiary/aromatic N) is 1. The largest absolute Gasteiger partial charge is 0.477 e.